The molecule has 4 rings (SSSR count). The van der Waals surface area contributed by atoms with E-state index in [4.69, 9.17) is 27.9 Å². The van der Waals surface area contributed by atoms with Crippen molar-refractivity contribution in [3.8, 4) is 28.6 Å². The molecule has 0 unspecified atom stereocenters. The van der Waals surface area contributed by atoms with Crippen LogP contribution in [0.4, 0.5) is 0 Å². The molecule has 26 heavy (non-hydrogen) atoms. The molecule has 4 aromatic rings. The molecule has 0 atom stereocenters. The highest BCUT2D eigenvalue weighted by atomic mass is 35.5. The molecule has 0 radical (unpaired) electrons. The lowest BCUT2D eigenvalue weighted by Crippen LogP contribution is -2.02. The number of ether oxygens (including phenoxy) is 1. The molecule has 2 aromatic carbocycles. The summed E-state index contributed by atoms with van der Waals surface area (Å²) in [7, 11) is 0. The first-order valence-corrected chi connectivity index (χ1v) is 8.52. The Morgan fingerprint density at radius 3 is 2.54 bits per heavy atom. The Morgan fingerprint density at radius 2 is 1.73 bits per heavy atom. The molecule has 0 bridgehead atoms. The maximum Gasteiger partial charge on any atom is 0.153 e. The third-order valence-corrected chi connectivity index (χ3v) is 4.21. The average molecular weight is 383 g/mol. The Morgan fingerprint density at radius 1 is 0.885 bits per heavy atom. The molecule has 128 valence electrons. The molecular weight excluding hydrogens is 371 g/mol. The van der Waals surface area contributed by atoms with Crippen molar-refractivity contribution in [3.63, 3.8) is 0 Å². The molecular formula is C19H12Cl2N4O. The second-order valence-corrected chi connectivity index (χ2v) is 6.23. The first kappa shape index (κ1) is 16.6. The topological polar surface area (TPSA) is 52.8 Å². The number of pyridine rings is 1. The average Bonchev–Trinajstić information content (AvgIpc) is 3.15. The zero-order valence-corrected chi connectivity index (χ0v) is 14.9. The Balaban J connectivity index is 1.77. The number of nitrogens with zero attached hydrogens (tertiary/aromatic N) is 4. The van der Waals surface area contributed by atoms with Gasteiger partial charge in [-0.1, -0.05) is 46.6 Å². The summed E-state index contributed by atoms with van der Waals surface area (Å²) in [5.74, 6) is 1.09. The highest BCUT2D eigenvalue weighted by Gasteiger charge is 2.15. The quantitative estimate of drug-likeness (QED) is 0.472. The molecule has 0 aliphatic carbocycles. The highest BCUT2D eigenvalue weighted by molar-refractivity contribution is 6.35. The SMILES string of the molecule is Clc1ccc(Oc2ccccc2-n2nncc2-c2ccccn2)c(Cl)c1. The summed E-state index contributed by atoms with van der Waals surface area (Å²) < 4.78 is 7.69. The standard InChI is InChI=1S/C19H12Cl2N4O/c20-13-8-9-18(14(21)11-13)26-19-7-2-1-6-16(19)25-17(12-23-24-25)15-5-3-4-10-22-15/h1-12H. The molecule has 0 aliphatic heterocycles. The Labute approximate surface area is 159 Å². The zero-order chi connectivity index (χ0) is 17.9. The van der Waals surface area contributed by atoms with Crippen molar-refractivity contribution in [1.29, 1.82) is 0 Å². The Hall–Kier alpha value is -2.89. The Kier molecular flexibility index (Phi) is 4.56. The third kappa shape index (κ3) is 3.27. The lowest BCUT2D eigenvalue weighted by atomic mass is 10.2. The van der Waals surface area contributed by atoms with E-state index in [-0.39, 0.29) is 0 Å². The van der Waals surface area contributed by atoms with Crippen molar-refractivity contribution >= 4 is 23.2 Å². The van der Waals surface area contributed by atoms with Gasteiger partial charge in [0.2, 0.25) is 0 Å². The minimum atomic E-state index is 0.427. The molecule has 2 heterocycles. The summed E-state index contributed by atoms with van der Waals surface area (Å²) in [6, 6.07) is 18.2. The fourth-order valence-corrected chi connectivity index (χ4v) is 2.94. The van der Waals surface area contributed by atoms with E-state index in [0.29, 0.717) is 21.5 Å². The summed E-state index contributed by atoms with van der Waals surface area (Å²) in [5.41, 5.74) is 2.23. The second-order valence-electron chi connectivity index (χ2n) is 5.39. The van der Waals surface area contributed by atoms with Crippen LogP contribution in [-0.2, 0) is 0 Å². The van der Waals surface area contributed by atoms with Gasteiger partial charge in [-0.15, -0.1) is 5.10 Å². The number of aromatic nitrogens is 4. The molecule has 0 fully saturated rings. The van der Waals surface area contributed by atoms with Crippen LogP contribution in [0.3, 0.4) is 0 Å². The predicted molar refractivity (Wildman–Crippen MR) is 101 cm³/mol. The van der Waals surface area contributed by atoms with Crippen molar-refractivity contribution in [3.05, 3.63) is 83.1 Å². The van der Waals surface area contributed by atoms with Gasteiger partial charge in [-0.25, -0.2) is 4.68 Å². The number of hydrogen-bond acceptors (Lipinski definition) is 4. The highest BCUT2D eigenvalue weighted by Crippen LogP contribution is 2.35. The van der Waals surface area contributed by atoms with Crippen LogP contribution < -0.4 is 4.74 Å². The first-order chi connectivity index (χ1) is 12.7. The van der Waals surface area contributed by atoms with E-state index in [1.54, 1.807) is 35.3 Å². The third-order valence-electron chi connectivity index (χ3n) is 3.68. The second kappa shape index (κ2) is 7.15. The predicted octanol–water partition coefficient (Wildman–Crippen LogP) is 5.43. The maximum absolute atomic E-state index is 6.23. The van der Waals surface area contributed by atoms with E-state index in [9.17, 15) is 0 Å². The minimum Gasteiger partial charge on any atom is -0.454 e. The number of benzene rings is 2. The largest absolute Gasteiger partial charge is 0.454 e. The van der Waals surface area contributed by atoms with Crippen LogP contribution in [0.25, 0.3) is 17.1 Å². The summed E-state index contributed by atoms with van der Waals surface area (Å²) in [6.07, 6.45) is 3.39. The molecule has 2 aromatic heterocycles. The number of para-hydroxylation sites is 2. The van der Waals surface area contributed by atoms with Crippen molar-refractivity contribution in [2.75, 3.05) is 0 Å². The van der Waals surface area contributed by atoms with Crippen LogP contribution in [-0.4, -0.2) is 20.0 Å². The van der Waals surface area contributed by atoms with Gasteiger partial charge < -0.3 is 4.74 Å². The van der Waals surface area contributed by atoms with Crippen LogP contribution >= 0.6 is 23.2 Å². The number of rotatable bonds is 4. The van der Waals surface area contributed by atoms with Crippen LogP contribution in [0.15, 0.2) is 73.1 Å². The van der Waals surface area contributed by atoms with E-state index in [1.165, 1.54) is 0 Å². The lowest BCUT2D eigenvalue weighted by molar-refractivity contribution is 0.478. The van der Waals surface area contributed by atoms with Gasteiger partial charge in [-0.3, -0.25) is 4.98 Å². The summed E-state index contributed by atoms with van der Waals surface area (Å²) in [5, 5.41) is 9.19. The maximum atomic E-state index is 6.23. The Bertz CT molecular complexity index is 1050. The van der Waals surface area contributed by atoms with E-state index in [0.717, 1.165) is 17.1 Å². The summed E-state index contributed by atoms with van der Waals surface area (Å²) >= 11 is 12.2. The normalized spacial score (nSPS) is 10.7. The van der Waals surface area contributed by atoms with Gasteiger partial charge in [0.1, 0.15) is 17.1 Å². The number of halogens is 2. The fourth-order valence-electron chi connectivity index (χ4n) is 2.50. The van der Waals surface area contributed by atoms with Gasteiger partial charge in [-0.05, 0) is 42.5 Å². The van der Waals surface area contributed by atoms with Crippen molar-refractivity contribution in [1.82, 2.24) is 20.0 Å². The van der Waals surface area contributed by atoms with E-state index in [1.807, 2.05) is 42.5 Å². The molecule has 0 N–H and O–H groups in total. The van der Waals surface area contributed by atoms with Crippen molar-refractivity contribution in [2.24, 2.45) is 0 Å². The molecule has 0 spiro atoms. The first-order valence-electron chi connectivity index (χ1n) is 7.77. The van der Waals surface area contributed by atoms with E-state index in [2.05, 4.69) is 15.3 Å². The van der Waals surface area contributed by atoms with E-state index < -0.39 is 0 Å². The van der Waals surface area contributed by atoms with Crippen LogP contribution in [0.2, 0.25) is 10.0 Å². The molecule has 7 heteroatoms. The monoisotopic (exact) mass is 382 g/mol. The van der Waals surface area contributed by atoms with Crippen LogP contribution in [0, 0.1) is 0 Å². The van der Waals surface area contributed by atoms with Gasteiger partial charge in [0.05, 0.1) is 16.9 Å². The molecule has 0 saturated carbocycles. The van der Waals surface area contributed by atoms with Crippen molar-refractivity contribution < 1.29 is 4.74 Å². The van der Waals surface area contributed by atoms with Gasteiger partial charge >= 0.3 is 0 Å². The number of hydrogen-bond donors (Lipinski definition) is 0. The van der Waals surface area contributed by atoms with Gasteiger partial charge in [0.15, 0.2) is 5.75 Å². The summed E-state index contributed by atoms with van der Waals surface area (Å²) in [4.78, 5) is 4.37. The van der Waals surface area contributed by atoms with Crippen molar-refractivity contribution in [2.45, 2.75) is 0 Å². The molecule has 5 nitrogen and oxygen atoms in total. The fraction of sp³-hybridized carbons (Fsp3) is 0. The van der Waals surface area contributed by atoms with Gasteiger partial charge in [-0.2, -0.15) is 0 Å². The lowest BCUT2D eigenvalue weighted by Gasteiger charge is -2.13. The van der Waals surface area contributed by atoms with Gasteiger partial charge in [0, 0.05) is 11.2 Å². The molecule has 0 aliphatic rings. The molecule has 0 amide bonds. The zero-order valence-electron chi connectivity index (χ0n) is 13.4. The van der Waals surface area contributed by atoms with Gasteiger partial charge in [0.25, 0.3) is 0 Å². The smallest absolute Gasteiger partial charge is 0.153 e. The van der Waals surface area contributed by atoms with Crippen LogP contribution in [0.1, 0.15) is 0 Å². The van der Waals surface area contributed by atoms with Crippen LogP contribution in [0.5, 0.6) is 11.5 Å². The minimum absolute atomic E-state index is 0.427. The molecule has 0 saturated heterocycles. The van der Waals surface area contributed by atoms with E-state index >= 15 is 0 Å². The summed E-state index contributed by atoms with van der Waals surface area (Å²) in [6.45, 7) is 0.